The Labute approximate surface area is 244 Å². The lowest BCUT2D eigenvalue weighted by Crippen LogP contribution is -2.74. The van der Waals surface area contributed by atoms with E-state index in [4.69, 9.17) is 24.4 Å². The maximum atomic E-state index is 12.8. The third-order valence-electron chi connectivity index (χ3n) is 8.74. The number of likely N-dealkylation sites (N-methyl/N-ethyl adjacent to an activating group) is 1. The SMILES string of the molecule is C[C@H](OC(=O)[C@@H](O)CC(=O)OC1=CC[C@@]2(O)[C@@H]3Cc4ccc(O)c5c4[C@@]2(CCN3C)[C@H]1O5)C(=O)O[C@@H](CC(=O)O)C(=O)O. The summed E-state index contributed by atoms with van der Waals surface area (Å²) in [6, 6.07) is 3.05. The smallest absolute Gasteiger partial charge is 0.348 e. The monoisotopic (exact) mass is 605 g/mol. The molecule has 5 N–H and O–H groups in total. The number of phenolic OH excluding ortho intramolecular Hbond substituents is 1. The van der Waals surface area contributed by atoms with Crippen LogP contribution in [-0.2, 0) is 50.0 Å². The molecule has 5 rings (SSSR count). The number of hydrogen-bond acceptors (Lipinski definition) is 13. The molecule has 1 saturated heterocycles. The molecule has 43 heavy (non-hydrogen) atoms. The summed E-state index contributed by atoms with van der Waals surface area (Å²) in [6.45, 7) is 1.62. The van der Waals surface area contributed by atoms with Crippen LogP contribution in [0.4, 0.5) is 0 Å². The summed E-state index contributed by atoms with van der Waals surface area (Å²) >= 11 is 0. The van der Waals surface area contributed by atoms with Crippen LogP contribution in [0.2, 0.25) is 0 Å². The molecule has 15 nitrogen and oxygen atoms in total. The predicted octanol–water partition coefficient (Wildman–Crippen LogP) is -0.633. The van der Waals surface area contributed by atoms with Gasteiger partial charge in [-0.1, -0.05) is 6.07 Å². The molecular weight excluding hydrogens is 574 g/mol. The van der Waals surface area contributed by atoms with Crippen molar-refractivity contribution in [3.05, 3.63) is 35.1 Å². The molecule has 1 fully saturated rings. The van der Waals surface area contributed by atoms with Crippen molar-refractivity contribution >= 4 is 29.8 Å². The van der Waals surface area contributed by atoms with E-state index in [0.717, 1.165) is 12.5 Å². The first-order valence-electron chi connectivity index (χ1n) is 13.6. The van der Waals surface area contributed by atoms with E-state index in [9.17, 15) is 39.3 Å². The van der Waals surface area contributed by atoms with E-state index in [1.54, 1.807) is 6.07 Å². The number of benzene rings is 1. The summed E-state index contributed by atoms with van der Waals surface area (Å²) in [6.07, 6.45) is -6.13. The van der Waals surface area contributed by atoms with Gasteiger partial charge in [-0.3, -0.25) is 9.59 Å². The lowest BCUT2D eigenvalue weighted by Gasteiger charge is -2.61. The number of aliphatic carboxylic acids is 2. The van der Waals surface area contributed by atoms with Gasteiger partial charge in [0.25, 0.3) is 0 Å². The number of carboxylic acids is 2. The Morgan fingerprint density at radius 3 is 2.51 bits per heavy atom. The minimum Gasteiger partial charge on any atom is -0.504 e. The van der Waals surface area contributed by atoms with Crippen molar-refractivity contribution < 1.29 is 68.5 Å². The van der Waals surface area contributed by atoms with Crippen molar-refractivity contribution in [3.63, 3.8) is 0 Å². The van der Waals surface area contributed by atoms with Gasteiger partial charge in [-0.25, -0.2) is 14.4 Å². The van der Waals surface area contributed by atoms with Gasteiger partial charge in [-0.05, 0) is 51.1 Å². The van der Waals surface area contributed by atoms with E-state index in [0.29, 0.717) is 24.9 Å². The number of carbonyl (C=O) groups excluding carboxylic acids is 3. The molecule has 15 heteroatoms. The Morgan fingerprint density at radius 2 is 1.84 bits per heavy atom. The number of aliphatic hydroxyl groups excluding tert-OH is 1. The zero-order chi connectivity index (χ0) is 31.4. The molecule has 7 atom stereocenters. The number of hydrogen-bond donors (Lipinski definition) is 5. The standard InChI is InChI=1S/C28H31NO14/c1-12(25(37)42-17(24(35)36)11-19(32)33)40-26(38)15(31)10-20(34)41-16-5-6-28(39)18-9-13-3-4-14(30)22-21(13)27(28,23(16)43-22)7-8-29(18)2/h3-5,12,15,17-18,23,30-31,39H,6-11H2,1-2H3,(H,32,33)(H,35,36)/t12-,15-,17-,18-,23-,27-,28+/m0/s1. The second kappa shape index (κ2) is 10.8. The fourth-order valence-corrected chi connectivity index (χ4v) is 6.73. The van der Waals surface area contributed by atoms with Crippen molar-refractivity contribution in [1.29, 1.82) is 0 Å². The highest BCUT2D eigenvalue weighted by atomic mass is 16.6. The van der Waals surface area contributed by atoms with Gasteiger partial charge in [-0.2, -0.15) is 0 Å². The summed E-state index contributed by atoms with van der Waals surface area (Å²) in [7, 11) is 1.92. The summed E-state index contributed by atoms with van der Waals surface area (Å²) < 4.78 is 21.0. The zero-order valence-corrected chi connectivity index (χ0v) is 23.2. The topological polar surface area (TPSA) is 227 Å². The van der Waals surface area contributed by atoms with Crippen molar-refractivity contribution in [2.75, 3.05) is 13.6 Å². The zero-order valence-electron chi connectivity index (χ0n) is 23.2. The van der Waals surface area contributed by atoms with Gasteiger partial charge in [0, 0.05) is 18.0 Å². The number of piperidine rings is 1. The van der Waals surface area contributed by atoms with E-state index in [2.05, 4.69) is 9.64 Å². The fourth-order valence-electron chi connectivity index (χ4n) is 6.73. The van der Waals surface area contributed by atoms with Crippen molar-refractivity contribution in [3.8, 4) is 11.5 Å². The van der Waals surface area contributed by atoms with Gasteiger partial charge in [0.15, 0.2) is 29.8 Å². The Hall–Kier alpha value is -4.21. The van der Waals surface area contributed by atoms with Crippen LogP contribution >= 0.6 is 0 Å². The molecule has 0 amide bonds. The van der Waals surface area contributed by atoms with Gasteiger partial charge in [0.2, 0.25) is 6.10 Å². The van der Waals surface area contributed by atoms with Gasteiger partial charge in [0.05, 0.1) is 23.9 Å². The summed E-state index contributed by atoms with van der Waals surface area (Å²) in [5, 5.41) is 50.7. The number of esters is 3. The lowest BCUT2D eigenvalue weighted by atomic mass is 9.50. The van der Waals surface area contributed by atoms with Crippen LogP contribution in [-0.4, -0.2) is 110 Å². The number of likely N-dealkylation sites (tertiary alicyclic amines) is 1. The summed E-state index contributed by atoms with van der Waals surface area (Å²) in [5.41, 5.74) is -0.709. The van der Waals surface area contributed by atoms with E-state index in [1.807, 2.05) is 7.05 Å². The number of ether oxygens (including phenoxy) is 4. The maximum absolute atomic E-state index is 12.8. The quantitative estimate of drug-likeness (QED) is 0.165. The second-order valence-corrected chi connectivity index (χ2v) is 11.2. The average molecular weight is 606 g/mol. The molecule has 1 aromatic rings. The lowest BCUT2D eigenvalue weighted by molar-refractivity contribution is -0.181. The number of carbonyl (C=O) groups is 5. The highest BCUT2D eigenvalue weighted by Gasteiger charge is 2.72. The van der Waals surface area contributed by atoms with Gasteiger partial charge >= 0.3 is 29.8 Å². The van der Waals surface area contributed by atoms with Crippen LogP contribution in [0.1, 0.15) is 43.7 Å². The van der Waals surface area contributed by atoms with Crippen molar-refractivity contribution in [2.24, 2.45) is 0 Å². The first-order chi connectivity index (χ1) is 20.2. The summed E-state index contributed by atoms with van der Waals surface area (Å²) in [4.78, 5) is 61.3. The second-order valence-electron chi connectivity index (χ2n) is 11.2. The molecule has 2 bridgehead atoms. The third-order valence-corrected chi connectivity index (χ3v) is 8.74. The van der Waals surface area contributed by atoms with E-state index in [-0.39, 0.29) is 29.7 Å². The largest absolute Gasteiger partial charge is 0.504 e. The number of aliphatic hydroxyl groups is 2. The molecule has 2 heterocycles. The molecule has 0 aromatic heterocycles. The minimum absolute atomic E-state index is 0.0529. The van der Waals surface area contributed by atoms with Crippen molar-refractivity contribution in [2.45, 2.75) is 80.5 Å². The molecule has 232 valence electrons. The highest BCUT2D eigenvalue weighted by Crippen LogP contribution is 2.65. The van der Waals surface area contributed by atoms with Crippen LogP contribution < -0.4 is 4.74 Å². The summed E-state index contributed by atoms with van der Waals surface area (Å²) in [5.74, 6) is -6.96. The highest BCUT2D eigenvalue weighted by molar-refractivity contribution is 5.87. The maximum Gasteiger partial charge on any atom is 0.348 e. The van der Waals surface area contributed by atoms with Crippen LogP contribution in [0.25, 0.3) is 0 Å². The van der Waals surface area contributed by atoms with E-state index in [1.165, 1.54) is 12.1 Å². The number of rotatable bonds is 10. The minimum atomic E-state index is -2.09. The molecule has 4 aliphatic rings. The Bertz CT molecular complexity index is 1420. The molecule has 1 aromatic carbocycles. The molecule has 0 saturated carbocycles. The Balaban J connectivity index is 1.26. The first kappa shape index (κ1) is 30.3. The Kier molecular flexibility index (Phi) is 7.61. The Morgan fingerprint density at radius 1 is 1.12 bits per heavy atom. The van der Waals surface area contributed by atoms with Crippen LogP contribution in [0.15, 0.2) is 24.0 Å². The normalized spacial score (nSPS) is 28.7. The molecule has 2 aliphatic heterocycles. The molecule has 1 spiro atoms. The predicted molar refractivity (Wildman–Crippen MR) is 139 cm³/mol. The first-order valence-corrected chi connectivity index (χ1v) is 13.6. The van der Waals surface area contributed by atoms with E-state index >= 15 is 0 Å². The number of nitrogens with zero attached hydrogens (tertiary/aromatic N) is 1. The van der Waals surface area contributed by atoms with Crippen LogP contribution in [0.5, 0.6) is 11.5 Å². The third kappa shape index (κ3) is 4.86. The molecule has 2 aliphatic carbocycles. The van der Waals surface area contributed by atoms with Gasteiger partial charge in [-0.15, -0.1) is 0 Å². The van der Waals surface area contributed by atoms with Gasteiger partial charge < -0.3 is 49.4 Å². The number of phenols is 1. The number of carboxylic acid groups (broad SMARTS) is 2. The molecular formula is C28H31NO14. The van der Waals surface area contributed by atoms with Crippen LogP contribution in [0.3, 0.4) is 0 Å². The number of aromatic hydroxyl groups is 1. The molecule has 0 unspecified atom stereocenters. The molecule has 0 radical (unpaired) electrons. The van der Waals surface area contributed by atoms with E-state index < -0.39 is 78.1 Å². The average Bonchev–Trinajstić information content (AvgIpc) is 3.29. The van der Waals surface area contributed by atoms with Crippen molar-refractivity contribution in [1.82, 2.24) is 4.90 Å². The van der Waals surface area contributed by atoms with Gasteiger partial charge in [0.1, 0.15) is 5.76 Å². The van der Waals surface area contributed by atoms with Crippen LogP contribution in [0, 0.1) is 0 Å². The fraction of sp³-hybridized carbons (Fsp3) is 0.536.